The van der Waals surface area contributed by atoms with Gasteiger partial charge in [-0.1, -0.05) is 6.92 Å². The molecule has 1 aliphatic heterocycles. The number of nitrogens with one attached hydrogen (secondary N) is 3. The van der Waals surface area contributed by atoms with E-state index in [1.54, 1.807) is 37.1 Å². The van der Waals surface area contributed by atoms with Gasteiger partial charge in [-0.2, -0.15) is 0 Å². The number of fused-ring (bicyclic) bond motifs is 1. The van der Waals surface area contributed by atoms with Gasteiger partial charge in [0.2, 0.25) is 11.9 Å². The van der Waals surface area contributed by atoms with Crippen LogP contribution in [0, 0.1) is 6.92 Å². The van der Waals surface area contributed by atoms with Crippen molar-refractivity contribution in [2.24, 2.45) is 0 Å². The number of aryl methyl sites for hydroxylation is 1. The van der Waals surface area contributed by atoms with Gasteiger partial charge in [0, 0.05) is 55.7 Å². The molecule has 13 nitrogen and oxygen atoms in total. The molecule has 42 heavy (non-hydrogen) atoms. The average Bonchev–Trinajstić information content (AvgIpc) is 3.54. The number of piperazine rings is 1. The van der Waals surface area contributed by atoms with Crippen LogP contribution in [0.25, 0.3) is 22.2 Å². The fourth-order valence-electron chi connectivity index (χ4n) is 5.30. The zero-order chi connectivity index (χ0) is 30.0. The van der Waals surface area contributed by atoms with Gasteiger partial charge in [-0.15, -0.1) is 5.10 Å². The molecule has 0 aromatic carbocycles. The number of anilines is 3. The predicted molar refractivity (Wildman–Crippen MR) is 162 cm³/mol. The zero-order valence-corrected chi connectivity index (χ0v) is 25.1. The molecule has 1 fully saturated rings. The number of methoxy groups -OCH3 is 1. The predicted octanol–water partition coefficient (Wildman–Crippen LogP) is 3.01. The Morgan fingerprint density at radius 2 is 2.00 bits per heavy atom. The Hall–Kier alpha value is -4.07. The molecule has 0 bridgehead atoms. The fourth-order valence-corrected chi connectivity index (χ4v) is 5.30. The first-order valence-corrected chi connectivity index (χ1v) is 14.2. The zero-order valence-electron chi connectivity index (χ0n) is 25.1. The average molecular weight is 577 g/mol. The van der Waals surface area contributed by atoms with E-state index in [0.717, 1.165) is 60.3 Å². The highest BCUT2D eigenvalue weighted by atomic mass is 16.5. The summed E-state index contributed by atoms with van der Waals surface area (Å²) in [5, 5.41) is 21.7. The van der Waals surface area contributed by atoms with Crippen LogP contribution < -0.4 is 15.4 Å². The standard InChI is InChI=1S/C29H40N10O3/c1-7-22(38-12-10-37(5)11-13-38)26(40)35-25-24-19(8-9-30-25)20(15-31-24)23-18(2)14-32-28(34-23)33-21-16-39(17-29(3,4)41)36-27(21)42-6/h8-9,14-16,22,31,41H,7,10-13,17H2,1-6H3,(H,30,35,40)(H,32,33,34). The van der Waals surface area contributed by atoms with Gasteiger partial charge in [0.1, 0.15) is 5.69 Å². The van der Waals surface area contributed by atoms with Crippen molar-refractivity contribution < 1.29 is 14.6 Å². The lowest BCUT2D eigenvalue weighted by molar-refractivity contribution is -0.122. The number of ether oxygens (including phenoxy) is 1. The molecule has 1 saturated heterocycles. The number of nitrogens with zero attached hydrogens (tertiary/aromatic N) is 7. The number of hydrogen-bond donors (Lipinski definition) is 4. The molecule has 5 rings (SSSR count). The van der Waals surface area contributed by atoms with Gasteiger partial charge in [-0.05, 0) is 45.9 Å². The van der Waals surface area contributed by atoms with Gasteiger partial charge in [0.05, 0.1) is 42.7 Å². The summed E-state index contributed by atoms with van der Waals surface area (Å²) in [6, 6.07) is 1.69. The largest absolute Gasteiger partial charge is 0.478 e. The number of aromatic nitrogens is 6. The first-order chi connectivity index (χ1) is 20.1. The van der Waals surface area contributed by atoms with E-state index in [0.29, 0.717) is 29.9 Å². The Balaban J connectivity index is 1.40. The summed E-state index contributed by atoms with van der Waals surface area (Å²) in [5.41, 5.74) is 2.85. The molecule has 0 spiro atoms. The van der Waals surface area contributed by atoms with E-state index < -0.39 is 5.60 Å². The van der Waals surface area contributed by atoms with E-state index in [2.05, 4.69) is 47.5 Å². The third kappa shape index (κ3) is 6.37. The number of carbonyl (C=O) groups excluding carboxylic acids is 1. The highest BCUT2D eigenvalue weighted by Gasteiger charge is 2.28. The van der Waals surface area contributed by atoms with Crippen LogP contribution in [0.4, 0.5) is 17.5 Å². The number of aliphatic hydroxyl groups is 1. The lowest BCUT2D eigenvalue weighted by atomic mass is 10.1. The number of amides is 1. The Kier molecular flexibility index (Phi) is 8.43. The van der Waals surface area contributed by atoms with Gasteiger partial charge >= 0.3 is 0 Å². The van der Waals surface area contributed by atoms with E-state index in [9.17, 15) is 9.90 Å². The second-order valence-electron chi connectivity index (χ2n) is 11.4. The summed E-state index contributed by atoms with van der Waals surface area (Å²) >= 11 is 0. The van der Waals surface area contributed by atoms with E-state index >= 15 is 0 Å². The van der Waals surface area contributed by atoms with Crippen molar-refractivity contribution in [1.82, 2.24) is 39.5 Å². The number of likely N-dealkylation sites (N-methyl/N-ethyl adjacent to an activating group) is 1. The van der Waals surface area contributed by atoms with Gasteiger partial charge in [0.25, 0.3) is 5.88 Å². The Labute approximate surface area is 245 Å². The maximum atomic E-state index is 13.4. The number of hydrogen-bond acceptors (Lipinski definition) is 10. The molecule has 4 aromatic heterocycles. The summed E-state index contributed by atoms with van der Waals surface area (Å²) in [6.45, 7) is 11.3. The molecule has 1 unspecified atom stereocenters. The van der Waals surface area contributed by atoms with Crippen LogP contribution in [0.2, 0.25) is 0 Å². The minimum absolute atomic E-state index is 0.0537. The normalized spacial score (nSPS) is 15.6. The van der Waals surface area contributed by atoms with Crippen molar-refractivity contribution in [3.05, 3.63) is 36.4 Å². The van der Waals surface area contributed by atoms with Crippen LogP contribution in [0.15, 0.2) is 30.9 Å². The van der Waals surface area contributed by atoms with Crippen molar-refractivity contribution in [1.29, 1.82) is 0 Å². The minimum atomic E-state index is -0.938. The molecule has 0 saturated carbocycles. The molecule has 1 amide bonds. The highest BCUT2D eigenvalue weighted by Crippen LogP contribution is 2.33. The Morgan fingerprint density at radius 1 is 1.24 bits per heavy atom. The van der Waals surface area contributed by atoms with Crippen LogP contribution in [0.1, 0.15) is 32.8 Å². The molecule has 1 aliphatic rings. The Morgan fingerprint density at radius 3 is 2.69 bits per heavy atom. The molecule has 1 atom stereocenters. The molecule has 0 aliphatic carbocycles. The second kappa shape index (κ2) is 12.0. The quantitative estimate of drug-likeness (QED) is 0.222. The number of rotatable bonds is 10. The first-order valence-electron chi connectivity index (χ1n) is 14.2. The van der Waals surface area contributed by atoms with Crippen LogP contribution in [-0.4, -0.2) is 103 Å². The number of carbonyl (C=O) groups is 1. The molecule has 4 aromatic rings. The number of aromatic amines is 1. The molecule has 224 valence electrons. The lowest BCUT2D eigenvalue weighted by Gasteiger charge is -2.36. The molecule has 0 radical (unpaired) electrons. The Bertz CT molecular complexity index is 1550. The van der Waals surface area contributed by atoms with E-state index in [-0.39, 0.29) is 11.9 Å². The highest BCUT2D eigenvalue weighted by molar-refractivity contribution is 6.05. The van der Waals surface area contributed by atoms with Crippen LogP contribution >= 0.6 is 0 Å². The summed E-state index contributed by atoms with van der Waals surface area (Å²) in [6.07, 6.45) is 7.80. The molecule has 13 heteroatoms. The topological polar surface area (TPSA) is 149 Å². The fraction of sp³-hybridized carbons (Fsp3) is 0.483. The van der Waals surface area contributed by atoms with Gasteiger partial charge in [-0.3, -0.25) is 14.4 Å². The van der Waals surface area contributed by atoms with Crippen LogP contribution in [-0.2, 0) is 11.3 Å². The molecular formula is C29H40N10O3. The van der Waals surface area contributed by atoms with Crippen molar-refractivity contribution in [2.45, 2.75) is 52.3 Å². The number of H-pyrrole nitrogens is 1. The second-order valence-corrected chi connectivity index (χ2v) is 11.4. The van der Waals surface area contributed by atoms with E-state index in [4.69, 9.17) is 9.72 Å². The summed E-state index contributed by atoms with van der Waals surface area (Å²) < 4.78 is 7.04. The summed E-state index contributed by atoms with van der Waals surface area (Å²) in [5.74, 6) is 1.17. The van der Waals surface area contributed by atoms with Crippen molar-refractivity contribution >= 4 is 34.3 Å². The lowest BCUT2D eigenvalue weighted by Crippen LogP contribution is -2.52. The van der Waals surface area contributed by atoms with Crippen molar-refractivity contribution in [2.75, 3.05) is 51.0 Å². The van der Waals surface area contributed by atoms with E-state index in [1.807, 2.05) is 26.1 Å². The molecule has 4 N–H and O–H groups in total. The summed E-state index contributed by atoms with van der Waals surface area (Å²) in [4.78, 5) is 35.0. The van der Waals surface area contributed by atoms with Gasteiger partial charge < -0.3 is 30.4 Å². The van der Waals surface area contributed by atoms with Crippen LogP contribution in [0.5, 0.6) is 5.88 Å². The van der Waals surface area contributed by atoms with E-state index in [1.165, 1.54) is 7.11 Å². The monoisotopic (exact) mass is 576 g/mol. The maximum absolute atomic E-state index is 13.4. The maximum Gasteiger partial charge on any atom is 0.256 e. The van der Waals surface area contributed by atoms with Crippen LogP contribution in [0.3, 0.4) is 0 Å². The minimum Gasteiger partial charge on any atom is -0.478 e. The number of pyridine rings is 1. The SMILES string of the molecule is CCC(C(=O)Nc1nccc2c(-c3nc(Nc4cn(CC(C)(C)O)nc4OC)ncc3C)c[nH]c12)N1CCN(C)CC1. The van der Waals surface area contributed by atoms with Crippen molar-refractivity contribution in [3.8, 4) is 17.1 Å². The summed E-state index contributed by atoms with van der Waals surface area (Å²) in [7, 11) is 3.64. The molecule has 5 heterocycles. The third-order valence-corrected chi connectivity index (χ3v) is 7.45. The van der Waals surface area contributed by atoms with Gasteiger partial charge in [0.15, 0.2) is 5.82 Å². The molecular weight excluding hydrogens is 536 g/mol. The van der Waals surface area contributed by atoms with Crippen molar-refractivity contribution in [3.63, 3.8) is 0 Å². The first kappa shape index (κ1) is 29.4. The third-order valence-electron chi connectivity index (χ3n) is 7.45. The van der Waals surface area contributed by atoms with Gasteiger partial charge in [-0.25, -0.2) is 15.0 Å². The smallest absolute Gasteiger partial charge is 0.256 e.